The van der Waals surface area contributed by atoms with Crippen LogP contribution >= 0.6 is 0 Å². The molecule has 0 aliphatic rings. The Hall–Kier alpha value is -1.92. The van der Waals surface area contributed by atoms with E-state index in [2.05, 4.69) is 15.2 Å². The second-order valence-electron chi connectivity index (χ2n) is 3.05. The Kier molecular flexibility index (Phi) is 2.37. The van der Waals surface area contributed by atoms with E-state index in [1.807, 2.05) is 0 Å². The lowest BCUT2D eigenvalue weighted by atomic mass is 10.2. The van der Waals surface area contributed by atoms with Gasteiger partial charge in [-0.1, -0.05) is 0 Å². The zero-order valence-corrected chi connectivity index (χ0v) is 8.12. The van der Waals surface area contributed by atoms with Gasteiger partial charge in [0.2, 0.25) is 5.89 Å². The van der Waals surface area contributed by atoms with Gasteiger partial charge >= 0.3 is 6.18 Å². The van der Waals surface area contributed by atoms with Crippen LogP contribution in [0.15, 0.2) is 22.7 Å². The number of hydrogen-bond acceptors (Lipinski definition) is 4. The van der Waals surface area contributed by atoms with Gasteiger partial charge in [0.25, 0.3) is 5.89 Å². The highest BCUT2D eigenvalue weighted by molar-refractivity contribution is 5.47. The molecular weight excluding hydrogens is 223 g/mol. The molecule has 84 valence electrons. The first-order valence-electron chi connectivity index (χ1n) is 4.30. The van der Waals surface area contributed by atoms with Crippen molar-refractivity contribution in [3.63, 3.8) is 0 Å². The number of aryl methyl sites for hydroxylation is 1. The minimum absolute atomic E-state index is 0.00965. The number of pyridine rings is 1. The molecule has 0 saturated carbocycles. The smallest absolute Gasteiger partial charge is 0.416 e. The molecule has 0 radical (unpaired) electrons. The fourth-order valence-electron chi connectivity index (χ4n) is 1.12. The molecule has 0 atom stereocenters. The Bertz CT molecular complexity index is 507. The van der Waals surface area contributed by atoms with E-state index in [1.54, 1.807) is 6.92 Å². The molecule has 7 heteroatoms. The topological polar surface area (TPSA) is 51.8 Å². The molecular formula is C9H6F3N3O. The fraction of sp³-hybridized carbons (Fsp3) is 0.222. The maximum absolute atomic E-state index is 12.4. The van der Waals surface area contributed by atoms with Crippen LogP contribution in [-0.2, 0) is 6.18 Å². The molecule has 0 bridgehead atoms. The largest absolute Gasteiger partial charge is 0.420 e. The van der Waals surface area contributed by atoms with Crippen molar-refractivity contribution in [2.24, 2.45) is 0 Å². The Labute approximate surface area is 88.1 Å². The molecule has 2 rings (SSSR count). The highest BCUT2D eigenvalue weighted by atomic mass is 19.4. The summed E-state index contributed by atoms with van der Waals surface area (Å²) in [7, 11) is 0. The summed E-state index contributed by atoms with van der Waals surface area (Å²) in [6, 6.07) is 1.75. The van der Waals surface area contributed by atoms with Crippen LogP contribution in [0.3, 0.4) is 0 Å². The first kappa shape index (κ1) is 10.6. The first-order chi connectivity index (χ1) is 7.47. The number of alkyl halides is 3. The molecule has 0 N–H and O–H groups in total. The van der Waals surface area contributed by atoms with Crippen molar-refractivity contribution >= 4 is 0 Å². The summed E-state index contributed by atoms with van der Waals surface area (Å²) < 4.78 is 42.2. The van der Waals surface area contributed by atoms with E-state index < -0.39 is 11.7 Å². The summed E-state index contributed by atoms with van der Waals surface area (Å²) in [5.74, 6) is 0.248. The molecule has 2 aromatic rings. The average Bonchev–Trinajstić information content (AvgIpc) is 2.64. The van der Waals surface area contributed by atoms with Crippen LogP contribution in [0.2, 0.25) is 0 Å². The summed E-state index contributed by atoms with van der Waals surface area (Å²) in [5.41, 5.74) is -0.788. The quantitative estimate of drug-likeness (QED) is 0.753. The van der Waals surface area contributed by atoms with Crippen molar-refractivity contribution in [1.29, 1.82) is 0 Å². The van der Waals surface area contributed by atoms with Crippen molar-refractivity contribution in [3.05, 3.63) is 29.8 Å². The molecule has 0 spiro atoms. The van der Waals surface area contributed by atoms with Gasteiger partial charge in [0, 0.05) is 13.1 Å². The van der Waals surface area contributed by atoms with Gasteiger partial charge in [-0.25, -0.2) is 0 Å². The average molecular weight is 229 g/mol. The molecule has 0 saturated heterocycles. The van der Waals surface area contributed by atoms with E-state index in [-0.39, 0.29) is 17.5 Å². The van der Waals surface area contributed by atoms with Gasteiger partial charge in [-0.3, -0.25) is 4.98 Å². The van der Waals surface area contributed by atoms with Crippen LogP contribution in [-0.4, -0.2) is 15.2 Å². The molecule has 2 heterocycles. The van der Waals surface area contributed by atoms with Gasteiger partial charge in [0.05, 0.1) is 5.56 Å². The number of nitrogens with zero attached hydrogens (tertiary/aromatic N) is 3. The Morgan fingerprint density at radius 1 is 1.25 bits per heavy atom. The maximum Gasteiger partial charge on any atom is 0.416 e. The molecule has 2 aromatic heterocycles. The van der Waals surface area contributed by atoms with Gasteiger partial charge in [0.1, 0.15) is 5.69 Å². The molecule has 0 unspecified atom stereocenters. The van der Waals surface area contributed by atoms with Crippen LogP contribution in [0, 0.1) is 6.92 Å². The Morgan fingerprint density at radius 3 is 2.56 bits per heavy atom. The van der Waals surface area contributed by atoms with Gasteiger partial charge < -0.3 is 4.42 Å². The number of halogens is 3. The summed E-state index contributed by atoms with van der Waals surface area (Å²) >= 11 is 0. The van der Waals surface area contributed by atoms with Gasteiger partial charge in [-0.15, -0.1) is 10.2 Å². The minimum atomic E-state index is -4.41. The highest BCUT2D eigenvalue weighted by Crippen LogP contribution is 2.30. The van der Waals surface area contributed by atoms with Gasteiger partial charge in [-0.2, -0.15) is 13.2 Å². The summed E-state index contributed by atoms with van der Waals surface area (Å²) in [5, 5.41) is 7.11. The zero-order chi connectivity index (χ0) is 11.8. The Morgan fingerprint density at radius 2 is 2.00 bits per heavy atom. The second kappa shape index (κ2) is 3.58. The van der Waals surface area contributed by atoms with Crippen LogP contribution < -0.4 is 0 Å². The molecule has 0 aliphatic heterocycles. The van der Waals surface area contributed by atoms with E-state index in [4.69, 9.17) is 4.42 Å². The minimum Gasteiger partial charge on any atom is -0.420 e. The lowest BCUT2D eigenvalue weighted by Crippen LogP contribution is -2.05. The predicted octanol–water partition coefficient (Wildman–Crippen LogP) is 2.46. The van der Waals surface area contributed by atoms with E-state index >= 15 is 0 Å². The number of hydrogen-bond donors (Lipinski definition) is 0. The predicted molar refractivity (Wildman–Crippen MR) is 47.3 cm³/mol. The second-order valence-corrected chi connectivity index (χ2v) is 3.05. The molecule has 0 aliphatic carbocycles. The lowest BCUT2D eigenvalue weighted by molar-refractivity contribution is -0.137. The SMILES string of the molecule is Cc1nnc(-c2cc(C(F)(F)F)ccn2)o1. The van der Waals surface area contributed by atoms with Gasteiger partial charge in [0.15, 0.2) is 0 Å². The normalized spacial score (nSPS) is 11.8. The lowest BCUT2D eigenvalue weighted by Gasteiger charge is -2.05. The van der Waals surface area contributed by atoms with Crippen molar-refractivity contribution in [2.45, 2.75) is 13.1 Å². The third-order valence-corrected chi connectivity index (χ3v) is 1.83. The summed E-state index contributed by atoms with van der Waals surface area (Å²) in [6.45, 7) is 1.55. The highest BCUT2D eigenvalue weighted by Gasteiger charge is 2.31. The van der Waals surface area contributed by atoms with Crippen molar-refractivity contribution in [3.8, 4) is 11.6 Å². The van der Waals surface area contributed by atoms with Crippen molar-refractivity contribution in [2.75, 3.05) is 0 Å². The van der Waals surface area contributed by atoms with Crippen molar-refractivity contribution in [1.82, 2.24) is 15.2 Å². The summed E-state index contributed by atoms with van der Waals surface area (Å²) in [4.78, 5) is 3.74. The molecule has 16 heavy (non-hydrogen) atoms. The van der Waals surface area contributed by atoms with E-state index in [9.17, 15) is 13.2 Å². The molecule has 0 amide bonds. The van der Waals surface area contributed by atoms with Crippen LogP contribution in [0.4, 0.5) is 13.2 Å². The standard InChI is InChI=1S/C9H6F3N3O/c1-5-14-15-8(16-5)7-4-6(2-3-13-7)9(10,11)12/h2-4H,1H3. The fourth-order valence-corrected chi connectivity index (χ4v) is 1.12. The molecule has 4 nitrogen and oxygen atoms in total. The first-order valence-corrected chi connectivity index (χ1v) is 4.30. The third-order valence-electron chi connectivity index (χ3n) is 1.83. The van der Waals surface area contributed by atoms with E-state index in [1.165, 1.54) is 0 Å². The maximum atomic E-state index is 12.4. The molecule has 0 fully saturated rings. The van der Waals surface area contributed by atoms with Crippen LogP contribution in [0.25, 0.3) is 11.6 Å². The van der Waals surface area contributed by atoms with Crippen molar-refractivity contribution < 1.29 is 17.6 Å². The third kappa shape index (κ3) is 2.02. The van der Waals surface area contributed by atoms with Gasteiger partial charge in [-0.05, 0) is 12.1 Å². The monoisotopic (exact) mass is 229 g/mol. The number of rotatable bonds is 1. The van der Waals surface area contributed by atoms with E-state index in [0.717, 1.165) is 18.3 Å². The van der Waals surface area contributed by atoms with E-state index in [0.29, 0.717) is 0 Å². The zero-order valence-electron chi connectivity index (χ0n) is 8.12. The summed E-state index contributed by atoms with van der Waals surface area (Å²) in [6.07, 6.45) is -3.36. The van der Waals surface area contributed by atoms with Crippen LogP contribution in [0.1, 0.15) is 11.5 Å². The number of aromatic nitrogens is 3. The van der Waals surface area contributed by atoms with Crippen LogP contribution in [0.5, 0.6) is 0 Å². The molecule has 0 aromatic carbocycles. The Balaban J connectivity index is 2.44.